The van der Waals surface area contributed by atoms with Crippen molar-refractivity contribution < 1.29 is 13.2 Å². The first-order chi connectivity index (χ1) is 11.8. The zero-order valence-electron chi connectivity index (χ0n) is 14.2. The minimum Gasteiger partial charge on any atom is -0.375 e. The Morgan fingerprint density at radius 3 is 2.48 bits per heavy atom. The standard InChI is InChI=1S/C18H21ClN2O3S/c1-3-21(2)16-6-4-5-15(13-16)20-18(22)11-12-25(23,24)17-9-7-14(19)8-10-17/h4-10,13H,3,11-12H2,1-2H3,(H,20,22). The van der Waals surface area contributed by atoms with E-state index in [0.717, 1.165) is 12.2 Å². The maximum absolute atomic E-state index is 12.3. The number of amides is 1. The Kier molecular flexibility index (Phi) is 6.45. The highest BCUT2D eigenvalue weighted by Crippen LogP contribution is 2.19. The molecule has 5 nitrogen and oxygen atoms in total. The number of hydrogen-bond acceptors (Lipinski definition) is 4. The third kappa shape index (κ3) is 5.47. The fraction of sp³-hybridized carbons (Fsp3) is 0.278. The van der Waals surface area contributed by atoms with Gasteiger partial charge in [0, 0.05) is 36.4 Å². The van der Waals surface area contributed by atoms with Gasteiger partial charge in [0.05, 0.1) is 10.6 Å². The van der Waals surface area contributed by atoms with E-state index in [1.165, 1.54) is 24.3 Å². The van der Waals surface area contributed by atoms with Gasteiger partial charge in [-0.1, -0.05) is 17.7 Å². The van der Waals surface area contributed by atoms with Crippen LogP contribution in [0, 0.1) is 0 Å². The summed E-state index contributed by atoms with van der Waals surface area (Å²) in [5.41, 5.74) is 1.63. The first-order valence-electron chi connectivity index (χ1n) is 7.91. The summed E-state index contributed by atoms with van der Waals surface area (Å²) in [5, 5.41) is 3.21. The highest BCUT2D eigenvalue weighted by molar-refractivity contribution is 7.91. The summed E-state index contributed by atoms with van der Waals surface area (Å²) in [4.78, 5) is 14.3. The number of carbonyl (C=O) groups excluding carboxylic acids is 1. The summed E-state index contributed by atoms with van der Waals surface area (Å²) in [6.45, 7) is 2.88. The molecule has 134 valence electrons. The average molecular weight is 381 g/mol. The van der Waals surface area contributed by atoms with Crippen molar-refractivity contribution in [2.45, 2.75) is 18.2 Å². The molecule has 0 aliphatic heterocycles. The number of sulfone groups is 1. The number of rotatable bonds is 7. The van der Waals surface area contributed by atoms with E-state index in [1.807, 2.05) is 37.1 Å². The maximum Gasteiger partial charge on any atom is 0.225 e. The van der Waals surface area contributed by atoms with E-state index >= 15 is 0 Å². The summed E-state index contributed by atoms with van der Waals surface area (Å²) < 4.78 is 24.5. The molecule has 2 aromatic carbocycles. The van der Waals surface area contributed by atoms with Crippen LogP contribution in [0.1, 0.15) is 13.3 Å². The number of nitrogens with zero attached hydrogens (tertiary/aromatic N) is 1. The molecule has 0 fully saturated rings. The summed E-state index contributed by atoms with van der Waals surface area (Å²) in [6, 6.07) is 13.4. The van der Waals surface area contributed by atoms with Crippen LogP contribution in [-0.4, -0.2) is 33.7 Å². The molecule has 2 rings (SSSR count). The van der Waals surface area contributed by atoms with Crippen molar-refractivity contribution in [3.63, 3.8) is 0 Å². The molecule has 0 aliphatic carbocycles. The van der Waals surface area contributed by atoms with Crippen molar-refractivity contribution in [1.82, 2.24) is 0 Å². The normalized spacial score (nSPS) is 11.2. The molecule has 0 unspecified atom stereocenters. The molecular weight excluding hydrogens is 360 g/mol. The SMILES string of the molecule is CCN(C)c1cccc(NC(=O)CCS(=O)(=O)c2ccc(Cl)cc2)c1. The second kappa shape index (κ2) is 8.36. The van der Waals surface area contributed by atoms with E-state index in [2.05, 4.69) is 5.32 Å². The smallest absolute Gasteiger partial charge is 0.225 e. The fourth-order valence-electron chi connectivity index (χ4n) is 2.21. The number of hydrogen-bond donors (Lipinski definition) is 1. The second-order valence-corrected chi connectivity index (χ2v) is 8.18. The van der Waals surface area contributed by atoms with Crippen LogP contribution in [0.2, 0.25) is 5.02 Å². The second-order valence-electron chi connectivity index (χ2n) is 5.64. The summed E-state index contributed by atoms with van der Waals surface area (Å²) >= 11 is 5.76. The Hall–Kier alpha value is -2.05. The molecule has 0 heterocycles. The lowest BCUT2D eigenvalue weighted by Crippen LogP contribution is -2.18. The van der Waals surface area contributed by atoms with Crippen molar-refractivity contribution in [2.24, 2.45) is 0 Å². The van der Waals surface area contributed by atoms with Crippen molar-refractivity contribution in [1.29, 1.82) is 0 Å². The van der Waals surface area contributed by atoms with E-state index < -0.39 is 9.84 Å². The lowest BCUT2D eigenvalue weighted by atomic mass is 10.2. The Morgan fingerprint density at radius 2 is 1.84 bits per heavy atom. The maximum atomic E-state index is 12.3. The van der Waals surface area contributed by atoms with Crippen LogP contribution >= 0.6 is 11.6 Å². The van der Waals surface area contributed by atoms with Crippen molar-refractivity contribution in [2.75, 3.05) is 29.6 Å². The summed E-state index contributed by atoms with van der Waals surface area (Å²) in [6.07, 6.45) is -0.112. The third-order valence-corrected chi connectivity index (χ3v) is 5.80. The number of benzene rings is 2. The van der Waals surface area contributed by atoms with Gasteiger partial charge in [-0.25, -0.2) is 8.42 Å². The molecule has 7 heteroatoms. The van der Waals surface area contributed by atoms with Gasteiger partial charge in [0.1, 0.15) is 0 Å². The van der Waals surface area contributed by atoms with Gasteiger partial charge in [0.15, 0.2) is 9.84 Å². The molecule has 0 spiro atoms. The lowest BCUT2D eigenvalue weighted by molar-refractivity contribution is -0.115. The molecule has 25 heavy (non-hydrogen) atoms. The molecule has 0 saturated heterocycles. The predicted molar refractivity (Wildman–Crippen MR) is 102 cm³/mol. The quantitative estimate of drug-likeness (QED) is 0.797. The van der Waals surface area contributed by atoms with E-state index in [9.17, 15) is 13.2 Å². The van der Waals surface area contributed by atoms with Crippen LogP contribution in [0.15, 0.2) is 53.4 Å². The van der Waals surface area contributed by atoms with Crippen molar-refractivity contribution in [3.05, 3.63) is 53.6 Å². The Labute approximate surface area is 153 Å². The van der Waals surface area contributed by atoms with Gasteiger partial charge in [-0.2, -0.15) is 0 Å². The van der Waals surface area contributed by atoms with Crippen molar-refractivity contribution >= 4 is 38.7 Å². The van der Waals surface area contributed by atoms with Gasteiger partial charge in [-0.3, -0.25) is 4.79 Å². The van der Waals surface area contributed by atoms with E-state index in [0.29, 0.717) is 10.7 Å². The monoisotopic (exact) mass is 380 g/mol. The molecule has 0 saturated carbocycles. The van der Waals surface area contributed by atoms with Crippen molar-refractivity contribution in [3.8, 4) is 0 Å². The van der Waals surface area contributed by atoms with Gasteiger partial charge in [0.25, 0.3) is 0 Å². The highest BCUT2D eigenvalue weighted by Gasteiger charge is 2.16. The zero-order valence-corrected chi connectivity index (χ0v) is 15.8. The Morgan fingerprint density at radius 1 is 1.16 bits per heavy atom. The summed E-state index contributed by atoms with van der Waals surface area (Å²) in [7, 11) is -1.56. The lowest BCUT2D eigenvalue weighted by Gasteiger charge is -2.17. The molecule has 1 amide bonds. The van der Waals surface area contributed by atoms with Gasteiger partial charge in [0.2, 0.25) is 5.91 Å². The zero-order chi connectivity index (χ0) is 18.4. The molecule has 2 aromatic rings. The van der Waals surface area contributed by atoms with E-state index in [1.54, 1.807) is 6.07 Å². The molecule has 0 aromatic heterocycles. The molecule has 0 radical (unpaired) electrons. The van der Waals surface area contributed by atoms with Crippen LogP contribution in [0.3, 0.4) is 0 Å². The highest BCUT2D eigenvalue weighted by atomic mass is 35.5. The first kappa shape index (κ1) is 19.3. The molecule has 0 aliphatic rings. The first-order valence-corrected chi connectivity index (χ1v) is 9.94. The number of halogens is 1. The van der Waals surface area contributed by atoms with Gasteiger partial charge >= 0.3 is 0 Å². The topological polar surface area (TPSA) is 66.5 Å². The number of carbonyl (C=O) groups is 1. The van der Waals surface area contributed by atoms with E-state index in [-0.39, 0.29) is 23.0 Å². The van der Waals surface area contributed by atoms with Gasteiger partial charge in [-0.15, -0.1) is 0 Å². The van der Waals surface area contributed by atoms with E-state index in [4.69, 9.17) is 11.6 Å². The largest absolute Gasteiger partial charge is 0.375 e. The number of nitrogens with one attached hydrogen (secondary N) is 1. The fourth-order valence-corrected chi connectivity index (χ4v) is 3.58. The molecule has 0 bridgehead atoms. The molecular formula is C18H21ClN2O3S. The summed E-state index contributed by atoms with van der Waals surface area (Å²) in [5.74, 6) is -0.594. The Balaban J connectivity index is 1.97. The third-order valence-electron chi connectivity index (χ3n) is 3.82. The molecule has 1 N–H and O–H groups in total. The minimum absolute atomic E-state index is 0.112. The molecule has 0 atom stereocenters. The van der Waals surface area contributed by atoms with Crippen LogP contribution in [0.4, 0.5) is 11.4 Å². The van der Waals surface area contributed by atoms with Gasteiger partial charge in [-0.05, 0) is 49.4 Å². The average Bonchev–Trinajstić information content (AvgIpc) is 2.60. The van der Waals surface area contributed by atoms with Crippen LogP contribution < -0.4 is 10.2 Å². The van der Waals surface area contributed by atoms with Crippen LogP contribution in [0.25, 0.3) is 0 Å². The Bertz CT molecular complexity index is 836. The minimum atomic E-state index is -3.52. The van der Waals surface area contributed by atoms with Crippen LogP contribution in [0.5, 0.6) is 0 Å². The number of anilines is 2. The van der Waals surface area contributed by atoms with Gasteiger partial charge < -0.3 is 10.2 Å². The van der Waals surface area contributed by atoms with Crippen LogP contribution in [-0.2, 0) is 14.6 Å². The predicted octanol–water partition coefficient (Wildman–Crippen LogP) is 3.60.